The Labute approximate surface area is 124 Å². The zero-order chi connectivity index (χ0) is 14.2. The topological polar surface area (TPSA) is 47.7 Å². The van der Waals surface area contributed by atoms with Crippen molar-refractivity contribution in [1.29, 1.82) is 0 Å². The third-order valence-electron chi connectivity index (χ3n) is 4.62. The Morgan fingerprint density at radius 3 is 3.10 bits per heavy atom. The van der Waals surface area contributed by atoms with Crippen LogP contribution >= 0.6 is 0 Å². The highest BCUT2D eigenvalue weighted by atomic mass is 15.2. The zero-order valence-electron chi connectivity index (χ0n) is 12.3. The average Bonchev–Trinajstić information content (AvgIpc) is 3.20. The SMILES string of the molecule is Cc1cn[nH]c1C1CCN(Cc2c[nH]c3ccccc23)C1. The Bertz CT molecular complexity index is 755. The van der Waals surface area contributed by atoms with Gasteiger partial charge >= 0.3 is 0 Å². The molecule has 0 bridgehead atoms. The van der Waals surface area contributed by atoms with Crippen LogP contribution in [0.25, 0.3) is 10.9 Å². The van der Waals surface area contributed by atoms with E-state index in [1.807, 2.05) is 6.20 Å². The fourth-order valence-electron chi connectivity index (χ4n) is 3.48. The molecule has 4 nitrogen and oxygen atoms in total. The van der Waals surface area contributed by atoms with Crippen molar-refractivity contribution in [1.82, 2.24) is 20.1 Å². The molecule has 1 aromatic carbocycles. The summed E-state index contributed by atoms with van der Waals surface area (Å²) in [6, 6.07) is 8.53. The van der Waals surface area contributed by atoms with Crippen LogP contribution in [0.15, 0.2) is 36.7 Å². The molecule has 0 aliphatic carbocycles. The first-order valence-corrected chi connectivity index (χ1v) is 7.58. The number of aromatic nitrogens is 3. The molecular formula is C17H20N4. The predicted octanol–water partition coefficient (Wildman–Crippen LogP) is 3.19. The van der Waals surface area contributed by atoms with E-state index in [2.05, 4.69) is 57.5 Å². The first-order valence-electron chi connectivity index (χ1n) is 7.58. The molecule has 1 aliphatic heterocycles. The first kappa shape index (κ1) is 12.7. The van der Waals surface area contributed by atoms with Gasteiger partial charge in [0.2, 0.25) is 0 Å². The third kappa shape index (κ3) is 2.25. The molecule has 21 heavy (non-hydrogen) atoms. The lowest BCUT2D eigenvalue weighted by Crippen LogP contribution is -2.19. The van der Waals surface area contributed by atoms with E-state index >= 15 is 0 Å². The smallest absolute Gasteiger partial charge is 0.0519 e. The molecule has 0 spiro atoms. The van der Waals surface area contributed by atoms with E-state index in [-0.39, 0.29) is 0 Å². The van der Waals surface area contributed by atoms with Crippen LogP contribution in [0, 0.1) is 6.92 Å². The molecule has 0 saturated carbocycles. The Hall–Kier alpha value is -2.07. The van der Waals surface area contributed by atoms with Crippen molar-refractivity contribution in [3.8, 4) is 0 Å². The second kappa shape index (κ2) is 5.04. The van der Waals surface area contributed by atoms with Gasteiger partial charge in [0.25, 0.3) is 0 Å². The number of benzene rings is 1. The van der Waals surface area contributed by atoms with Crippen molar-refractivity contribution in [3.63, 3.8) is 0 Å². The lowest BCUT2D eigenvalue weighted by atomic mass is 10.0. The minimum absolute atomic E-state index is 0.595. The fourth-order valence-corrected chi connectivity index (χ4v) is 3.48. The molecule has 4 rings (SSSR count). The van der Waals surface area contributed by atoms with Gasteiger partial charge in [0.05, 0.1) is 6.20 Å². The van der Waals surface area contributed by atoms with Crippen LogP contribution in [0.3, 0.4) is 0 Å². The molecule has 1 unspecified atom stereocenters. The van der Waals surface area contributed by atoms with E-state index in [0.717, 1.165) is 19.6 Å². The maximum Gasteiger partial charge on any atom is 0.0519 e. The van der Waals surface area contributed by atoms with Gasteiger partial charge in [-0.15, -0.1) is 0 Å². The molecule has 4 heteroatoms. The summed E-state index contributed by atoms with van der Waals surface area (Å²) in [7, 11) is 0. The number of rotatable bonds is 3. The number of hydrogen-bond acceptors (Lipinski definition) is 2. The zero-order valence-corrected chi connectivity index (χ0v) is 12.3. The summed E-state index contributed by atoms with van der Waals surface area (Å²) in [5, 5.41) is 8.68. The van der Waals surface area contributed by atoms with Crippen molar-refractivity contribution in [2.75, 3.05) is 13.1 Å². The second-order valence-corrected chi connectivity index (χ2v) is 6.05. The summed E-state index contributed by atoms with van der Waals surface area (Å²) in [6.07, 6.45) is 5.29. The van der Waals surface area contributed by atoms with Crippen LogP contribution in [0.4, 0.5) is 0 Å². The number of likely N-dealkylation sites (tertiary alicyclic amines) is 1. The van der Waals surface area contributed by atoms with Crippen molar-refractivity contribution in [3.05, 3.63) is 53.5 Å². The Morgan fingerprint density at radius 1 is 1.33 bits per heavy atom. The normalized spacial score (nSPS) is 19.6. The van der Waals surface area contributed by atoms with Gasteiger partial charge in [0.15, 0.2) is 0 Å². The summed E-state index contributed by atoms with van der Waals surface area (Å²) in [5.41, 5.74) is 5.23. The molecule has 2 aromatic heterocycles. The predicted molar refractivity (Wildman–Crippen MR) is 84.3 cm³/mol. The molecule has 0 radical (unpaired) electrons. The van der Waals surface area contributed by atoms with Crippen LogP contribution in [-0.4, -0.2) is 33.2 Å². The monoisotopic (exact) mass is 280 g/mol. The van der Waals surface area contributed by atoms with Crippen LogP contribution in [0.2, 0.25) is 0 Å². The van der Waals surface area contributed by atoms with Crippen LogP contribution in [-0.2, 0) is 6.54 Å². The number of para-hydroxylation sites is 1. The van der Waals surface area contributed by atoms with E-state index in [1.165, 1.54) is 34.1 Å². The summed E-state index contributed by atoms with van der Waals surface area (Å²) < 4.78 is 0. The Kier molecular flexibility index (Phi) is 3.04. The van der Waals surface area contributed by atoms with Crippen molar-refractivity contribution in [2.45, 2.75) is 25.8 Å². The van der Waals surface area contributed by atoms with Gasteiger partial charge in [-0.1, -0.05) is 18.2 Å². The number of fused-ring (bicyclic) bond motifs is 1. The number of aryl methyl sites for hydroxylation is 1. The summed E-state index contributed by atoms with van der Waals surface area (Å²) >= 11 is 0. The van der Waals surface area contributed by atoms with Crippen LogP contribution in [0.5, 0.6) is 0 Å². The maximum absolute atomic E-state index is 4.16. The van der Waals surface area contributed by atoms with E-state index in [9.17, 15) is 0 Å². The van der Waals surface area contributed by atoms with Gasteiger partial charge in [-0.05, 0) is 37.1 Å². The molecule has 2 N–H and O–H groups in total. The highest BCUT2D eigenvalue weighted by Gasteiger charge is 2.26. The van der Waals surface area contributed by atoms with Crippen molar-refractivity contribution >= 4 is 10.9 Å². The second-order valence-electron chi connectivity index (χ2n) is 6.05. The molecule has 0 amide bonds. The van der Waals surface area contributed by atoms with E-state index in [1.54, 1.807) is 0 Å². The highest BCUT2D eigenvalue weighted by molar-refractivity contribution is 5.82. The van der Waals surface area contributed by atoms with Gasteiger partial charge in [0.1, 0.15) is 0 Å². The first-order chi connectivity index (χ1) is 10.3. The van der Waals surface area contributed by atoms with Gasteiger partial charge in [-0.2, -0.15) is 5.10 Å². The summed E-state index contributed by atoms with van der Waals surface area (Å²) in [6.45, 7) is 5.43. The van der Waals surface area contributed by atoms with Crippen molar-refractivity contribution < 1.29 is 0 Å². The minimum Gasteiger partial charge on any atom is -0.361 e. The molecule has 1 atom stereocenters. The molecule has 3 heterocycles. The summed E-state index contributed by atoms with van der Waals surface area (Å²) in [4.78, 5) is 5.91. The quantitative estimate of drug-likeness (QED) is 0.774. The van der Waals surface area contributed by atoms with Crippen LogP contribution in [0.1, 0.15) is 29.2 Å². The molecule has 1 aliphatic rings. The maximum atomic E-state index is 4.16. The minimum atomic E-state index is 0.595. The number of nitrogens with zero attached hydrogens (tertiary/aromatic N) is 2. The number of nitrogens with one attached hydrogen (secondary N) is 2. The Morgan fingerprint density at radius 2 is 2.24 bits per heavy atom. The van der Waals surface area contributed by atoms with Crippen molar-refractivity contribution in [2.24, 2.45) is 0 Å². The van der Waals surface area contributed by atoms with E-state index in [4.69, 9.17) is 0 Å². The number of hydrogen-bond donors (Lipinski definition) is 2. The molecule has 3 aromatic rings. The van der Waals surface area contributed by atoms with E-state index < -0.39 is 0 Å². The van der Waals surface area contributed by atoms with Crippen LogP contribution < -0.4 is 0 Å². The van der Waals surface area contributed by atoms with Gasteiger partial charge in [-0.3, -0.25) is 10.00 Å². The van der Waals surface area contributed by atoms with Gasteiger partial charge in [0, 0.05) is 41.8 Å². The molecule has 1 saturated heterocycles. The fraction of sp³-hybridized carbons (Fsp3) is 0.353. The molecule has 1 fully saturated rings. The van der Waals surface area contributed by atoms with E-state index in [0.29, 0.717) is 5.92 Å². The number of aromatic amines is 2. The highest BCUT2D eigenvalue weighted by Crippen LogP contribution is 2.29. The number of H-pyrrole nitrogens is 2. The standard InChI is InChI=1S/C17H20N4/c1-12-8-19-20-17(12)13-6-7-21(10-13)11-14-9-18-16-5-3-2-4-15(14)16/h2-5,8-9,13,18H,6-7,10-11H2,1H3,(H,19,20). The van der Waals surface area contributed by atoms with Gasteiger partial charge < -0.3 is 4.98 Å². The summed E-state index contributed by atoms with van der Waals surface area (Å²) in [5.74, 6) is 0.595. The Balaban J connectivity index is 1.50. The van der Waals surface area contributed by atoms with Gasteiger partial charge in [-0.25, -0.2) is 0 Å². The lowest BCUT2D eigenvalue weighted by molar-refractivity contribution is 0.327. The average molecular weight is 280 g/mol. The lowest BCUT2D eigenvalue weighted by Gasteiger charge is -2.15. The molecular weight excluding hydrogens is 260 g/mol. The molecule has 108 valence electrons. The largest absolute Gasteiger partial charge is 0.361 e. The third-order valence-corrected chi connectivity index (χ3v) is 4.62.